The van der Waals surface area contributed by atoms with E-state index in [0.717, 1.165) is 0 Å². The van der Waals surface area contributed by atoms with Crippen molar-refractivity contribution in [3.63, 3.8) is 0 Å². The van der Waals surface area contributed by atoms with Gasteiger partial charge < -0.3 is 10.3 Å². The fourth-order valence-electron chi connectivity index (χ4n) is 1.69. The third kappa shape index (κ3) is 2.26. The van der Waals surface area contributed by atoms with Gasteiger partial charge in [0.05, 0.1) is 6.33 Å². The summed E-state index contributed by atoms with van der Waals surface area (Å²) in [6.45, 7) is 2.63. The number of nitrogens with two attached hydrogens (primary N) is 1. The molecular weight excluding hydrogens is 228 g/mol. The van der Waals surface area contributed by atoms with Crippen LogP contribution >= 0.6 is 0 Å². The average molecular weight is 244 g/mol. The number of hydrogen-bond donors (Lipinski definition) is 2. The van der Waals surface area contributed by atoms with Crippen molar-refractivity contribution in [2.75, 3.05) is 0 Å². The maximum Gasteiger partial charge on any atom is 0.259 e. The summed E-state index contributed by atoms with van der Waals surface area (Å²) in [4.78, 5) is 3.87. The van der Waals surface area contributed by atoms with E-state index < -0.39 is 10.0 Å². The van der Waals surface area contributed by atoms with Gasteiger partial charge in [0.15, 0.2) is 5.03 Å². The number of imidazole rings is 1. The van der Waals surface area contributed by atoms with Crippen LogP contribution in [0, 0.1) is 0 Å². The lowest BCUT2D eigenvalue weighted by Crippen LogP contribution is -2.50. The molecule has 0 spiro atoms. The van der Waals surface area contributed by atoms with Crippen molar-refractivity contribution in [2.24, 2.45) is 5.73 Å². The van der Waals surface area contributed by atoms with E-state index >= 15 is 0 Å². The van der Waals surface area contributed by atoms with Gasteiger partial charge in [-0.3, -0.25) is 0 Å². The predicted octanol–water partition coefficient (Wildman–Crippen LogP) is -0.329. The Hall–Kier alpha value is -0.920. The first-order valence-electron chi connectivity index (χ1n) is 5.31. The van der Waals surface area contributed by atoms with E-state index in [1.54, 1.807) is 4.57 Å². The lowest BCUT2D eigenvalue weighted by molar-refractivity contribution is 0.327. The van der Waals surface area contributed by atoms with Crippen LogP contribution in [0.2, 0.25) is 0 Å². The zero-order valence-corrected chi connectivity index (χ0v) is 9.94. The molecule has 7 heteroatoms. The molecule has 2 rings (SSSR count). The molecule has 3 N–H and O–H groups in total. The smallest absolute Gasteiger partial charge is 0.259 e. The van der Waals surface area contributed by atoms with Gasteiger partial charge >= 0.3 is 0 Å². The minimum absolute atomic E-state index is 0.0354. The van der Waals surface area contributed by atoms with Crippen LogP contribution in [0.3, 0.4) is 0 Å². The highest BCUT2D eigenvalue weighted by molar-refractivity contribution is 7.89. The SMILES string of the molecule is CCn1cnc(S(=O)(=O)NC2CC(N)C2)c1. The number of nitrogens with zero attached hydrogens (tertiary/aromatic N) is 2. The Morgan fingerprint density at radius 2 is 2.31 bits per heavy atom. The second-order valence-electron chi connectivity index (χ2n) is 4.09. The summed E-state index contributed by atoms with van der Waals surface area (Å²) in [5.41, 5.74) is 5.60. The minimum atomic E-state index is -3.47. The van der Waals surface area contributed by atoms with Crippen molar-refractivity contribution in [1.29, 1.82) is 0 Å². The summed E-state index contributed by atoms with van der Waals surface area (Å²) in [6.07, 6.45) is 4.45. The zero-order valence-electron chi connectivity index (χ0n) is 9.13. The van der Waals surface area contributed by atoms with Gasteiger partial charge in [0, 0.05) is 24.8 Å². The van der Waals surface area contributed by atoms with E-state index in [1.165, 1.54) is 12.5 Å². The molecule has 1 aliphatic rings. The van der Waals surface area contributed by atoms with Crippen molar-refractivity contribution >= 4 is 10.0 Å². The highest BCUT2D eigenvalue weighted by atomic mass is 32.2. The van der Waals surface area contributed by atoms with Crippen LogP contribution in [0.5, 0.6) is 0 Å². The van der Waals surface area contributed by atoms with Crippen LogP contribution in [-0.2, 0) is 16.6 Å². The molecule has 6 nitrogen and oxygen atoms in total. The van der Waals surface area contributed by atoms with Crippen molar-refractivity contribution in [3.05, 3.63) is 12.5 Å². The molecular formula is C9H16N4O2S. The van der Waals surface area contributed by atoms with Crippen LogP contribution < -0.4 is 10.5 Å². The number of hydrogen-bond acceptors (Lipinski definition) is 4. The van der Waals surface area contributed by atoms with Crippen molar-refractivity contribution in [2.45, 2.75) is 43.4 Å². The number of nitrogens with one attached hydrogen (secondary N) is 1. The third-order valence-corrected chi connectivity index (χ3v) is 4.15. The van der Waals surface area contributed by atoms with E-state index in [9.17, 15) is 8.42 Å². The van der Waals surface area contributed by atoms with Gasteiger partial charge in [-0.05, 0) is 19.8 Å². The van der Waals surface area contributed by atoms with Crippen LogP contribution in [0.15, 0.2) is 17.6 Å². The van der Waals surface area contributed by atoms with Gasteiger partial charge in [0.1, 0.15) is 0 Å². The summed E-state index contributed by atoms with van der Waals surface area (Å²) in [6, 6.07) is 0.0904. The van der Waals surface area contributed by atoms with E-state index in [4.69, 9.17) is 5.73 Å². The highest BCUT2D eigenvalue weighted by Gasteiger charge is 2.31. The van der Waals surface area contributed by atoms with Crippen molar-refractivity contribution < 1.29 is 8.42 Å². The van der Waals surface area contributed by atoms with E-state index in [0.29, 0.717) is 19.4 Å². The Kier molecular flexibility index (Phi) is 3.00. The van der Waals surface area contributed by atoms with Crippen LogP contribution in [-0.4, -0.2) is 30.1 Å². The zero-order chi connectivity index (χ0) is 11.8. The standard InChI is InChI=1S/C9H16N4O2S/c1-2-13-5-9(11-6-13)16(14,15)12-8-3-7(10)4-8/h5-8,12H,2-4,10H2,1H3. The first-order chi connectivity index (χ1) is 7.51. The highest BCUT2D eigenvalue weighted by Crippen LogP contribution is 2.19. The topological polar surface area (TPSA) is 90.0 Å². The first kappa shape index (κ1) is 11.6. The molecule has 1 heterocycles. The van der Waals surface area contributed by atoms with Gasteiger partial charge in [-0.1, -0.05) is 0 Å². The summed E-state index contributed by atoms with van der Waals surface area (Å²) in [5.74, 6) is 0. The summed E-state index contributed by atoms with van der Waals surface area (Å²) in [7, 11) is -3.47. The lowest BCUT2D eigenvalue weighted by atomic mass is 9.89. The quantitative estimate of drug-likeness (QED) is 0.759. The van der Waals surface area contributed by atoms with E-state index in [1.807, 2.05) is 6.92 Å². The molecule has 0 bridgehead atoms. The second-order valence-corrected chi connectivity index (χ2v) is 5.75. The number of aromatic nitrogens is 2. The van der Waals surface area contributed by atoms with E-state index in [-0.39, 0.29) is 17.1 Å². The average Bonchev–Trinajstić information content (AvgIpc) is 2.63. The normalized spacial score (nSPS) is 25.4. The number of sulfonamides is 1. The summed E-state index contributed by atoms with van der Waals surface area (Å²) in [5, 5.41) is 0.0785. The molecule has 0 aliphatic heterocycles. The molecule has 1 aromatic rings. The molecule has 0 amide bonds. The number of rotatable bonds is 4. The molecule has 1 fully saturated rings. The molecule has 0 unspecified atom stereocenters. The summed E-state index contributed by atoms with van der Waals surface area (Å²) >= 11 is 0. The monoisotopic (exact) mass is 244 g/mol. The maximum atomic E-state index is 11.8. The summed E-state index contributed by atoms with van der Waals surface area (Å²) < 4.78 is 28.0. The van der Waals surface area contributed by atoms with Gasteiger partial charge in [-0.2, -0.15) is 0 Å². The predicted molar refractivity (Wildman–Crippen MR) is 59.2 cm³/mol. The van der Waals surface area contributed by atoms with Crippen LogP contribution in [0.4, 0.5) is 0 Å². The molecule has 90 valence electrons. The number of aryl methyl sites for hydroxylation is 1. The van der Waals surface area contributed by atoms with Gasteiger partial charge in [0.2, 0.25) is 0 Å². The van der Waals surface area contributed by atoms with Crippen LogP contribution in [0.1, 0.15) is 19.8 Å². The molecule has 1 aromatic heterocycles. The van der Waals surface area contributed by atoms with Gasteiger partial charge in [-0.25, -0.2) is 18.1 Å². The Bertz CT molecular complexity index is 462. The fraction of sp³-hybridized carbons (Fsp3) is 0.667. The largest absolute Gasteiger partial charge is 0.336 e. The Balaban J connectivity index is 2.06. The molecule has 16 heavy (non-hydrogen) atoms. The van der Waals surface area contributed by atoms with Gasteiger partial charge in [-0.15, -0.1) is 0 Å². The molecule has 0 radical (unpaired) electrons. The molecule has 1 saturated carbocycles. The fourth-order valence-corrected chi connectivity index (χ4v) is 2.90. The van der Waals surface area contributed by atoms with Crippen molar-refractivity contribution in [3.8, 4) is 0 Å². The maximum absolute atomic E-state index is 11.8. The third-order valence-electron chi connectivity index (χ3n) is 2.75. The molecule has 0 atom stereocenters. The minimum Gasteiger partial charge on any atom is -0.336 e. The van der Waals surface area contributed by atoms with E-state index in [2.05, 4.69) is 9.71 Å². The van der Waals surface area contributed by atoms with Gasteiger partial charge in [0.25, 0.3) is 10.0 Å². The Morgan fingerprint density at radius 3 is 2.81 bits per heavy atom. The first-order valence-corrected chi connectivity index (χ1v) is 6.79. The second kappa shape index (κ2) is 4.15. The molecule has 1 aliphatic carbocycles. The Labute approximate surface area is 94.9 Å². The van der Waals surface area contributed by atoms with Crippen molar-refractivity contribution in [1.82, 2.24) is 14.3 Å². The molecule has 0 aromatic carbocycles. The lowest BCUT2D eigenvalue weighted by Gasteiger charge is -2.32. The molecule has 0 saturated heterocycles. The Morgan fingerprint density at radius 1 is 1.62 bits per heavy atom. The van der Waals surface area contributed by atoms with Crippen LogP contribution in [0.25, 0.3) is 0 Å².